The van der Waals surface area contributed by atoms with Gasteiger partial charge < -0.3 is 0 Å². The van der Waals surface area contributed by atoms with Crippen molar-refractivity contribution in [1.82, 2.24) is 9.97 Å². The Labute approximate surface area is 152 Å². The molecule has 0 bridgehead atoms. The molecule has 2 aromatic rings. The van der Waals surface area contributed by atoms with Crippen LogP contribution in [-0.2, 0) is 6.42 Å². The average molecular weight is 335 g/mol. The molecule has 1 aliphatic carbocycles. The molecule has 0 atom stereocenters. The van der Waals surface area contributed by atoms with Gasteiger partial charge in [0.25, 0.3) is 0 Å². The van der Waals surface area contributed by atoms with Crippen LogP contribution < -0.4 is 0 Å². The number of nitrogens with zero attached hydrogens (tertiary/aromatic N) is 2. The predicted octanol–water partition coefficient (Wildman–Crippen LogP) is 6.16. The first-order chi connectivity index (χ1) is 12.1. The maximum Gasteiger partial charge on any atom is 0.159 e. The summed E-state index contributed by atoms with van der Waals surface area (Å²) in [5.41, 5.74) is 4.98. The maximum atomic E-state index is 4.41. The molecule has 1 fully saturated rings. The largest absolute Gasteiger partial charge is 0.236 e. The molecular weight excluding hydrogens is 304 g/mol. The number of allylic oxidation sites excluding steroid dienone is 1. The molecule has 2 heteroatoms. The number of hydrogen-bond acceptors (Lipinski definition) is 2. The molecule has 0 spiro atoms. The van der Waals surface area contributed by atoms with E-state index in [-0.39, 0.29) is 0 Å². The topological polar surface area (TPSA) is 25.8 Å². The Morgan fingerprint density at radius 2 is 1.60 bits per heavy atom. The minimum Gasteiger partial charge on any atom is -0.236 e. The Morgan fingerprint density at radius 3 is 2.20 bits per heavy atom. The Hall–Kier alpha value is -1.96. The maximum absolute atomic E-state index is 4.41. The lowest BCUT2D eigenvalue weighted by atomic mass is 9.77. The molecule has 132 valence electrons. The van der Waals surface area contributed by atoms with Crippen molar-refractivity contribution >= 4 is 0 Å². The zero-order chi connectivity index (χ0) is 17.6. The average Bonchev–Trinajstić information content (AvgIpc) is 2.62. The van der Waals surface area contributed by atoms with Crippen LogP contribution in [-0.4, -0.2) is 9.97 Å². The molecule has 0 saturated heterocycles. The first-order valence-electron chi connectivity index (χ1n) is 9.62. The van der Waals surface area contributed by atoms with E-state index in [1.54, 1.807) is 0 Å². The van der Waals surface area contributed by atoms with E-state index in [0.717, 1.165) is 28.8 Å². The van der Waals surface area contributed by atoms with Crippen molar-refractivity contribution in [2.45, 2.75) is 58.8 Å². The standard InChI is InChI=1S/C23H30N2/c1-17(2)14-21-8-6-19(7-9-21)4-5-20-10-12-22(13-11-20)23-24-15-18(3)16-25-23/h10-13,15-16,19,21H,1,4-9,14H2,2-3H3. The van der Waals surface area contributed by atoms with E-state index < -0.39 is 0 Å². The second-order valence-corrected chi connectivity index (χ2v) is 7.87. The summed E-state index contributed by atoms with van der Waals surface area (Å²) in [6, 6.07) is 8.80. The Kier molecular flexibility index (Phi) is 6.01. The Bertz CT molecular complexity index is 677. The summed E-state index contributed by atoms with van der Waals surface area (Å²) >= 11 is 0. The van der Waals surface area contributed by atoms with E-state index in [1.165, 1.54) is 56.1 Å². The fraction of sp³-hybridized carbons (Fsp3) is 0.478. The Balaban J connectivity index is 1.48. The van der Waals surface area contributed by atoms with Gasteiger partial charge in [0.1, 0.15) is 0 Å². The Morgan fingerprint density at radius 1 is 1.00 bits per heavy atom. The van der Waals surface area contributed by atoms with Crippen LogP contribution in [0.5, 0.6) is 0 Å². The van der Waals surface area contributed by atoms with E-state index in [9.17, 15) is 0 Å². The quantitative estimate of drug-likeness (QED) is 0.591. The zero-order valence-corrected chi connectivity index (χ0v) is 15.7. The normalized spacial score (nSPS) is 20.4. The molecule has 0 amide bonds. The molecule has 0 aliphatic heterocycles. The van der Waals surface area contributed by atoms with E-state index in [0.29, 0.717) is 0 Å². The smallest absolute Gasteiger partial charge is 0.159 e. The van der Waals surface area contributed by atoms with Crippen LogP contribution in [0.2, 0.25) is 0 Å². The van der Waals surface area contributed by atoms with Crippen LogP contribution in [0, 0.1) is 18.8 Å². The minimum absolute atomic E-state index is 0.813. The van der Waals surface area contributed by atoms with Gasteiger partial charge in [0, 0.05) is 18.0 Å². The van der Waals surface area contributed by atoms with Crippen LogP contribution in [0.3, 0.4) is 0 Å². The lowest BCUT2D eigenvalue weighted by Crippen LogP contribution is -2.15. The minimum atomic E-state index is 0.813. The zero-order valence-electron chi connectivity index (χ0n) is 15.7. The van der Waals surface area contributed by atoms with Crippen molar-refractivity contribution in [2.75, 3.05) is 0 Å². The molecule has 2 nitrogen and oxygen atoms in total. The molecule has 1 aromatic heterocycles. The highest BCUT2D eigenvalue weighted by Crippen LogP contribution is 2.34. The molecule has 1 heterocycles. The van der Waals surface area contributed by atoms with Crippen LogP contribution in [0.4, 0.5) is 0 Å². The number of rotatable bonds is 6. The number of aryl methyl sites for hydroxylation is 2. The van der Waals surface area contributed by atoms with Crippen molar-refractivity contribution in [3.8, 4) is 11.4 Å². The van der Waals surface area contributed by atoms with Gasteiger partial charge in [0.2, 0.25) is 0 Å². The number of hydrogen-bond donors (Lipinski definition) is 0. The molecule has 0 radical (unpaired) electrons. The van der Waals surface area contributed by atoms with Gasteiger partial charge in [-0.25, -0.2) is 9.97 Å². The highest BCUT2D eigenvalue weighted by Gasteiger charge is 2.20. The van der Waals surface area contributed by atoms with Gasteiger partial charge in [-0.3, -0.25) is 0 Å². The summed E-state index contributed by atoms with van der Waals surface area (Å²) in [6.07, 6.45) is 13.1. The molecular formula is C23H30N2. The molecule has 1 aromatic carbocycles. The van der Waals surface area contributed by atoms with Crippen molar-refractivity contribution in [1.29, 1.82) is 0 Å². The molecule has 0 unspecified atom stereocenters. The lowest BCUT2D eigenvalue weighted by Gasteiger charge is -2.28. The highest BCUT2D eigenvalue weighted by atomic mass is 14.9. The van der Waals surface area contributed by atoms with Crippen LogP contribution in [0.1, 0.15) is 56.6 Å². The second-order valence-electron chi connectivity index (χ2n) is 7.87. The van der Waals surface area contributed by atoms with Crippen LogP contribution in [0.25, 0.3) is 11.4 Å². The van der Waals surface area contributed by atoms with Gasteiger partial charge in [-0.05, 0) is 68.9 Å². The summed E-state index contributed by atoms with van der Waals surface area (Å²) in [7, 11) is 0. The second kappa shape index (κ2) is 8.42. The molecule has 3 rings (SSSR count). The summed E-state index contributed by atoms with van der Waals surface area (Å²) in [6.45, 7) is 8.25. The van der Waals surface area contributed by atoms with Gasteiger partial charge in [0.15, 0.2) is 5.82 Å². The number of aromatic nitrogens is 2. The summed E-state index contributed by atoms with van der Waals surface area (Å²) in [5, 5.41) is 0. The van der Waals surface area contributed by atoms with Crippen molar-refractivity contribution in [3.63, 3.8) is 0 Å². The van der Waals surface area contributed by atoms with Gasteiger partial charge in [-0.2, -0.15) is 0 Å². The van der Waals surface area contributed by atoms with Crippen molar-refractivity contribution < 1.29 is 0 Å². The molecule has 25 heavy (non-hydrogen) atoms. The van der Waals surface area contributed by atoms with Crippen molar-refractivity contribution in [2.24, 2.45) is 11.8 Å². The van der Waals surface area contributed by atoms with E-state index in [4.69, 9.17) is 0 Å². The summed E-state index contributed by atoms with van der Waals surface area (Å²) in [5.74, 6) is 2.61. The monoisotopic (exact) mass is 334 g/mol. The van der Waals surface area contributed by atoms with Gasteiger partial charge in [-0.1, -0.05) is 42.7 Å². The van der Waals surface area contributed by atoms with Gasteiger partial charge in [0.05, 0.1) is 0 Å². The molecule has 1 aliphatic rings. The van der Waals surface area contributed by atoms with Crippen LogP contribution >= 0.6 is 0 Å². The summed E-state index contributed by atoms with van der Waals surface area (Å²) < 4.78 is 0. The van der Waals surface area contributed by atoms with Crippen LogP contribution in [0.15, 0.2) is 48.8 Å². The number of benzene rings is 1. The fourth-order valence-electron chi connectivity index (χ4n) is 3.95. The SMILES string of the molecule is C=C(C)CC1CCC(CCc2ccc(-c3ncc(C)cn3)cc2)CC1. The first kappa shape index (κ1) is 17.8. The van der Waals surface area contributed by atoms with Crippen molar-refractivity contribution in [3.05, 3.63) is 59.9 Å². The lowest BCUT2D eigenvalue weighted by molar-refractivity contribution is 0.262. The third kappa shape index (κ3) is 5.26. The fourth-order valence-corrected chi connectivity index (χ4v) is 3.95. The van der Waals surface area contributed by atoms with Gasteiger partial charge in [-0.15, -0.1) is 6.58 Å². The molecule has 0 N–H and O–H groups in total. The molecule has 1 saturated carbocycles. The first-order valence-corrected chi connectivity index (χ1v) is 9.62. The van der Waals surface area contributed by atoms with Gasteiger partial charge >= 0.3 is 0 Å². The summed E-state index contributed by atoms with van der Waals surface area (Å²) in [4.78, 5) is 8.82. The predicted molar refractivity (Wildman–Crippen MR) is 105 cm³/mol. The third-order valence-electron chi connectivity index (χ3n) is 5.44. The third-order valence-corrected chi connectivity index (χ3v) is 5.44. The van der Waals surface area contributed by atoms with E-state index in [2.05, 4.69) is 47.7 Å². The highest BCUT2D eigenvalue weighted by molar-refractivity contribution is 5.55. The van der Waals surface area contributed by atoms with E-state index in [1.807, 2.05) is 19.3 Å². The van der Waals surface area contributed by atoms with E-state index >= 15 is 0 Å².